The number of urea groups is 1. The molecule has 0 spiro atoms. The van der Waals surface area contributed by atoms with Crippen LogP contribution >= 0.6 is 0 Å². The van der Waals surface area contributed by atoms with E-state index in [0.29, 0.717) is 11.7 Å². The lowest BCUT2D eigenvalue weighted by Crippen LogP contribution is -2.52. The number of hydrogen-bond donors (Lipinski definition) is 3. The monoisotopic (exact) mass is 315 g/mol. The average Bonchev–Trinajstić information content (AvgIpc) is 3.24. The standard InChI is InChI=1S/C17H21N3O3/c21-12-17(8-4-5-9-17)20-16(22)19-11-15-18-10-14(23-15)13-6-2-1-3-7-13/h1-3,6-7,10,21H,4-5,8-9,11-12H2,(H2,19,20,22). The highest BCUT2D eigenvalue weighted by Crippen LogP contribution is 2.28. The van der Waals surface area contributed by atoms with Crippen LogP contribution in [0, 0.1) is 0 Å². The van der Waals surface area contributed by atoms with Crippen molar-refractivity contribution in [3.05, 3.63) is 42.4 Å². The highest BCUT2D eigenvalue weighted by Gasteiger charge is 2.34. The number of rotatable bonds is 5. The summed E-state index contributed by atoms with van der Waals surface area (Å²) in [5, 5.41) is 15.1. The molecule has 1 saturated carbocycles. The molecule has 0 aliphatic heterocycles. The zero-order valence-corrected chi connectivity index (χ0v) is 12.9. The van der Waals surface area contributed by atoms with Crippen LogP contribution in [0.3, 0.4) is 0 Å². The number of carbonyl (C=O) groups is 1. The fraction of sp³-hybridized carbons (Fsp3) is 0.412. The summed E-state index contributed by atoms with van der Waals surface area (Å²) in [6.07, 6.45) is 5.33. The topological polar surface area (TPSA) is 87.4 Å². The van der Waals surface area contributed by atoms with Crippen LogP contribution in [0.25, 0.3) is 11.3 Å². The Balaban J connectivity index is 1.54. The van der Waals surface area contributed by atoms with E-state index < -0.39 is 5.54 Å². The number of aliphatic hydroxyl groups is 1. The first-order chi connectivity index (χ1) is 11.2. The third-order valence-electron chi connectivity index (χ3n) is 4.25. The molecule has 1 fully saturated rings. The third-order valence-corrected chi connectivity index (χ3v) is 4.25. The van der Waals surface area contributed by atoms with Gasteiger partial charge in [-0.2, -0.15) is 0 Å². The zero-order valence-electron chi connectivity index (χ0n) is 12.9. The van der Waals surface area contributed by atoms with Crippen molar-refractivity contribution < 1.29 is 14.3 Å². The first kappa shape index (κ1) is 15.6. The van der Waals surface area contributed by atoms with Crippen LogP contribution in [0.5, 0.6) is 0 Å². The normalized spacial score (nSPS) is 16.2. The molecule has 1 aromatic heterocycles. The van der Waals surface area contributed by atoms with Gasteiger partial charge in [-0.1, -0.05) is 43.2 Å². The molecule has 3 N–H and O–H groups in total. The lowest BCUT2D eigenvalue weighted by molar-refractivity contribution is 0.162. The quantitative estimate of drug-likeness (QED) is 0.791. The fourth-order valence-corrected chi connectivity index (χ4v) is 2.94. The van der Waals surface area contributed by atoms with E-state index in [0.717, 1.165) is 31.2 Å². The van der Waals surface area contributed by atoms with Gasteiger partial charge < -0.3 is 20.2 Å². The molecule has 0 saturated heterocycles. The number of aliphatic hydroxyl groups excluding tert-OH is 1. The van der Waals surface area contributed by atoms with Gasteiger partial charge in [0.05, 0.1) is 24.9 Å². The summed E-state index contributed by atoms with van der Waals surface area (Å²) in [5.74, 6) is 1.12. The molecular weight excluding hydrogens is 294 g/mol. The van der Waals surface area contributed by atoms with Gasteiger partial charge >= 0.3 is 6.03 Å². The van der Waals surface area contributed by atoms with Crippen molar-refractivity contribution in [2.75, 3.05) is 6.61 Å². The van der Waals surface area contributed by atoms with Gasteiger partial charge in [0, 0.05) is 5.56 Å². The summed E-state index contributed by atoms with van der Waals surface area (Å²) in [5.41, 5.74) is 0.469. The van der Waals surface area contributed by atoms with Gasteiger partial charge in [0.15, 0.2) is 5.76 Å². The SMILES string of the molecule is O=C(NCc1ncc(-c2ccccc2)o1)NC1(CO)CCCC1. The summed E-state index contributed by atoms with van der Waals surface area (Å²) >= 11 is 0. The molecule has 0 unspecified atom stereocenters. The molecule has 2 amide bonds. The molecule has 122 valence electrons. The van der Waals surface area contributed by atoms with E-state index in [4.69, 9.17) is 4.42 Å². The Morgan fingerprint density at radius 3 is 2.70 bits per heavy atom. The van der Waals surface area contributed by atoms with E-state index in [9.17, 15) is 9.90 Å². The molecule has 3 rings (SSSR count). The van der Waals surface area contributed by atoms with Crippen molar-refractivity contribution >= 4 is 6.03 Å². The fourth-order valence-electron chi connectivity index (χ4n) is 2.94. The minimum atomic E-state index is -0.476. The summed E-state index contributed by atoms with van der Waals surface area (Å²) in [6, 6.07) is 9.37. The predicted octanol–water partition coefficient (Wildman–Crippen LogP) is 2.45. The Hall–Kier alpha value is -2.34. The minimum Gasteiger partial charge on any atom is -0.439 e. The van der Waals surface area contributed by atoms with Crippen molar-refractivity contribution in [3.63, 3.8) is 0 Å². The molecule has 23 heavy (non-hydrogen) atoms. The summed E-state index contributed by atoms with van der Waals surface area (Å²) in [6.45, 7) is 0.178. The van der Waals surface area contributed by atoms with E-state index >= 15 is 0 Å². The van der Waals surface area contributed by atoms with Gasteiger partial charge in [0.2, 0.25) is 5.89 Å². The minimum absolute atomic E-state index is 0.0302. The second-order valence-electron chi connectivity index (χ2n) is 5.94. The Labute approximate surface area is 134 Å². The van der Waals surface area contributed by atoms with E-state index in [1.807, 2.05) is 30.3 Å². The first-order valence-corrected chi connectivity index (χ1v) is 7.88. The molecule has 0 atom stereocenters. The van der Waals surface area contributed by atoms with Crippen molar-refractivity contribution in [1.29, 1.82) is 0 Å². The zero-order chi connectivity index (χ0) is 16.1. The second-order valence-corrected chi connectivity index (χ2v) is 5.94. The van der Waals surface area contributed by atoms with E-state index in [2.05, 4.69) is 15.6 Å². The largest absolute Gasteiger partial charge is 0.439 e. The molecule has 2 aromatic rings. The highest BCUT2D eigenvalue weighted by atomic mass is 16.4. The molecule has 0 bridgehead atoms. The molecule has 1 aliphatic carbocycles. The summed E-state index contributed by atoms with van der Waals surface area (Å²) in [4.78, 5) is 16.2. The van der Waals surface area contributed by atoms with Crippen LogP contribution in [0.2, 0.25) is 0 Å². The van der Waals surface area contributed by atoms with Crippen LogP contribution in [-0.4, -0.2) is 28.3 Å². The maximum atomic E-state index is 12.0. The highest BCUT2D eigenvalue weighted by molar-refractivity contribution is 5.74. The van der Waals surface area contributed by atoms with Gasteiger partial charge in [-0.25, -0.2) is 9.78 Å². The van der Waals surface area contributed by atoms with E-state index in [-0.39, 0.29) is 19.2 Å². The van der Waals surface area contributed by atoms with E-state index in [1.54, 1.807) is 6.20 Å². The van der Waals surface area contributed by atoms with Crippen LogP contribution in [-0.2, 0) is 6.54 Å². The second kappa shape index (κ2) is 6.83. The van der Waals surface area contributed by atoms with Crippen LogP contribution in [0.1, 0.15) is 31.6 Å². The number of carbonyl (C=O) groups excluding carboxylic acids is 1. The summed E-state index contributed by atoms with van der Waals surface area (Å²) in [7, 11) is 0. The number of benzene rings is 1. The molecule has 1 heterocycles. The van der Waals surface area contributed by atoms with E-state index in [1.165, 1.54) is 0 Å². The Morgan fingerprint density at radius 2 is 2.00 bits per heavy atom. The maximum absolute atomic E-state index is 12.0. The Kier molecular flexibility index (Phi) is 4.62. The number of aromatic nitrogens is 1. The molecule has 1 aliphatic rings. The molecule has 1 aromatic carbocycles. The smallest absolute Gasteiger partial charge is 0.315 e. The lowest BCUT2D eigenvalue weighted by atomic mass is 9.99. The summed E-state index contributed by atoms with van der Waals surface area (Å²) < 4.78 is 5.64. The molecule has 6 nitrogen and oxygen atoms in total. The van der Waals surface area contributed by atoms with Crippen LogP contribution in [0.15, 0.2) is 40.9 Å². The number of hydrogen-bond acceptors (Lipinski definition) is 4. The van der Waals surface area contributed by atoms with Crippen molar-refractivity contribution in [3.8, 4) is 11.3 Å². The Bertz CT molecular complexity index is 648. The van der Waals surface area contributed by atoms with Crippen LogP contribution < -0.4 is 10.6 Å². The van der Waals surface area contributed by atoms with Gasteiger partial charge in [-0.05, 0) is 12.8 Å². The first-order valence-electron chi connectivity index (χ1n) is 7.88. The van der Waals surface area contributed by atoms with Crippen molar-refractivity contribution in [2.45, 2.75) is 37.8 Å². The maximum Gasteiger partial charge on any atom is 0.315 e. The van der Waals surface area contributed by atoms with Crippen molar-refractivity contribution in [2.24, 2.45) is 0 Å². The van der Waals surface area contributed by atoms with Crippen molar-refractivity contribution in [1.82, 2.24) is 15.6 Å². The predicted molar refractivity (Wildman–Crippen MR) is 85.6 cm³/mol. The lowest BCUT2D eigenvalue weighted by Gasteiger charge is -2.27. The molecule has 6 heteroatoms. The average molecular weight is 315 g/mol. The Morgan fingerprint density at radius 1 is 1.26 bits per heavy atom. The number of oxazole rings is 1. The van der Waals surface area contributed by atoms with Crippen LogP contribution in [0.4, 0.5) is 4.79 Å². The third kappa shape index (κ3) is 3.71. The number of nitrogens with zero attached hydrogens (tertiary/aromatic N) is 1. The van der Waals surface area contributed by atoms with Gasteiger partial charge in [0.1, 0.15) is 0 Å². The number of nitrogens with one attached hydrogen (secondary N) is 2. The number of amides is 2. The molecule has 0 radical (unpaired) electrons. The van der Waals surface area contributed by atoms with Gasteiger partial charge in [-0.15, -0.1) is 0 Å². The van der Waals surface area contributed by atoms with Gasteiger partial charge in [-0.3, -0.25) is 0 Å². The molecular formula is C17H21N3O3. The van der Waals surface area contributed by atoms with Gasteiger partial charge in [0.25, 0.3) is 0 Å².